The molecule has 0 saturated heterocycles. The van der Waals surface area contributed by atoms with Crippen LogP contribution in [0.25, 0.3) is 0 Å². The Kier molecular flexibility index (Phi) is 12.3. The first-order valence-corrected chi connectivity index (χ1v) is 14.3. The van der Waals surface area contributed by atoms with Crippen molar-refractivity contribution in [3.63, 3.8) is 0 Å². The van der Waals surface area contributed by atoms with Crippen LogP contribution in [0.3, 0.4) is 0 Å². The summed E-state index contributed by atoms with van der Waals surface area (Å²) in [6.07, 6.45) is 6.27. The van der Waals surface area contributed by atoms with Crippen molar-refractivity contribution in [3.05, 3.63) is 34.9 Å². The summed E-state index contributed by atoms with van der Waals surface area (Å²) in [4.78, 5) is 54.4. The number of hydrogen-bond donors (Lipinski definition) is 3. The number of nitrogens with one attached hydrogen (secondary N) is 2. The fourth-order valence-electron chi connectivity index (χ4n) is 5.16. The SMILES string of the molecule is CCCCCN(C(=O)C(CC(N)=O)NC(=O)OC(C)(C)C)C(C(=O)NC1CCCCC1)c1c(C)cccc1C. The molecule has 39 heavy (non-hydrogen) atoms. The van der Waals surface area contributed by atoms with Crippen molar-refractivity contribution in [2.45, 2.75) is 123 Å². The standard InChI is InChI=1S/C30H48N4O5/c1-7-8-12-18-34(28(37)23(19-24(31)35)33-29(38)39-30(4,5)6)26(25-20(2)14-13-15-21(25)3)27(36)32-22-16-10-9-11-17-22/h13-15,22-23,26H,7-12,16-19H2,1-6H3,(H2,31,35)(H,32,36)(H,33,38). The molecule has 4 amide bonds. The van der Waals surface area contributed by atoms with Gasteiger partial charge in [0.05, 0.1) is 6.42 Å². The van der Waals surface area contributed by atoms with E-state index in [-0.39, 0.29) is 18.5 Å². The number of ether oxygens (including phenoxy) is 1. The molecule has 1 saturated carbocycles. The van der Waals surface area contributed by atoms with Crippen molar-refractivity contribution >= 4 is 23.8 Å². The number of benzene rings is 1. The lowest BCUT2D eigenvalue weighted by molar-refractivity contribution is -0.143. The van der Waals surface area contributed by atoms with Gasteiger partial charge in [-0.15, -0.1) is 0 Å². The van der Waals surface area contributed by atoms with Crippen LogP contribution in [0.5, 0.6) is 0 Å². The monoisotopic (exact) mass is 544 g/mol. The topological polar surface area (TPSA) is 131 Å². The smallest absolute Gasteiger partial charge is 0.408 e. The first-order chi connectivity index (χ1) is 18.3. The van der Waals surface area contributed by atoms with Crippen molar-refractivity contribution in [2.75, 3.05) is 6.54 Å². The highest BCUT2D eigenvalue weighted by molar-refractivity contribution is 5.95. The third-order valence-electron chi connectivity index (χ3n) is 7.01. The molecule has 2 rings (SSSR count). The fourth-order valence-corrected chi connectivity index (χ4v) is 5.16. The average molecular weight is 545 g/mol. The maximum atomic E-state index is 14.2. The first kappa shape index (κ1) is 32.1. The van der Waals surface area contributed by atoms with Gasteiger partial charge in [0.15, 0.2) is 0 Å². The van der Waals surface area contributed by atoms with Gasteiger partial charge in [0, 0.05) is 12.6 Å². The molecule has 0 aliphatic heterocycles. The minimum atomic E-state index is -1.27. The van der Waals surface area contributed by atoms with Gasteiger partial charge in [0.25, 0.3) is 0 Å². The van der Waals surface area contributed by atoms with E-state index in [1.54, 1.807) is 20.8 Å². The minimum Gasteiger partial charge on any atom is -0.444 e. The van der Waals surface area contributed by atoms with Crippen molar-refractivity contribution in [1.29, 1.82) is 0 Å². The second-order valence-corrected chi connectivity index (χ2v) is 11.7. The Morgan fingerprint density at radius 2 is 1.67 bits per heavy atom. The molecule has 0 bridgehead atoms. The van der Waals surface area contributed by atoms with E-state index in [0.29, 0.717) is 6.42 Å². The van der Waals surface area contributed by atoms with E-state index in [1.165, 1.54) is 4.90 Å². The van der Waals surface area contributed by atoms with Gasteiger partial charge in [-0.3, -0.25) is 14.4 Å². The predicted octanol–water partition coefficient (Wildman–Crippen LogP) is 4.58. The van der Waals surface area contributed by atoms with Gasteiger partial charge >= 0.3 is 6.09 Å². The number of nitrogens with zero attached hydrogens (tertiary/aromatic N) is 1. The number of rotatable bonds is 12. The third-order valence-corrected chi connectivity index (χ3v) is 7.01. The highest BCUT2D eigenvalue weighted by atomic mass is 16.6. The van der Waals surface area contributed by atoms with E-state index in [4.69, 9.17) is 10.5 Å². The Hall–Kier alpha value is -3.10. The zero-order valence-electron chi connectivity index (χ0n) is 24.6. The quantitative estimate of drug-likeness (QED) is 0.332. The van der Waals surface area contributed by atoms with Crippen molar-refractivity contribution in [2.24, 2.45) is 5.73 Å². The van der Waals surface area contributed by atoms with Gasteiger partial charge in [-0.1, -0.05) is 57.2 Å². The van der Waals surface area contributed by atoms with Crippen LogP contribution in [-0.4, -0.2) is 52.9 Å². The molecule has 2 unspecified atom stereocenters. The highest BCUT2D eigenvalue weighted by Crippen LogP contribution is 2.30. The molecule has 9 heteroatoms. The largest absolute Gasteiger partial charge is 0.444 e. The van der Waals surface area contributed by atoms with Crippen molar-refractivity contribution < 1.29 is 23.9 Å². The second-order valence-electron chi connectivity index (χ2n) is 11.7. The summed E-state index contributed by atoms with van der Waals surface area (Å²) in [5, 5.41) is 5.76. The molecular weight excluding hydrogens is 496 g/mol. The summed E-state index contributed by atoms with van der Waals surface area (Å²) in [5.74, 6) is -1.53. The average Bonchev–Trinajstić information content (AvgIpc) is 2.83. The number of alkyl carbamates (subject to hydrolysis) is 1. The van der Waals surface area contributed by atoms with Crippen LogP contribution in [0.1, 0.15) is 108 Å². The van der Waals surface area contributed by atoms with Crippen molar-refractivity contribution in [3.8, 4) is 0 Å². The Labute approximate surface area is 233 Å². The van der Waals surface area contributed by atoms with Crippen LogP contribution in [-0.2, 0) is 19.1 Å². The molecule has 1 aromatic rings. The van der Waals surface area contributed by atoms with Gasteiger partial charge in [0.1, 0.15) is 17.7 Å². The Morgan fingerprint density at radius 3 is 2.21 bits per heavy atom. The molecule has 1 aliphatic rings. The number of hydrogen-bond acceptors (Lipinski definition) is 5. The Balaban J connectivity index is 2.54. The summed E-state index contributed by atoms with van der Waals surface area (Å²) in [6, 6.07) is 3.64. The number of amides is 4. The predicted molar refractivity (Wildman–Crippen MR) is 152 cm³/mol. The van der Waals surface area contributed by atoms with Crippen LogP contribution < -0.4 is 16.4 Å². The second kappa shape index (κ2) is 14.9. The molecule has 1 aromatic carbocycles. The zero-order chi connectivity index (χ0) is 29.2. The number of unbranched alkanes of at least 4 members (excludes halogenated alkanes) is 2. The number of nitrogens with two attached hydrogens (primary N) is 1. The van der Waals surface area contributed by atoms with Gasteiger partial charge < -0.3 is 26.0 Å². The summed E-state index contributed by atoms with van der Waals surface area (Å²) in [5.41, 5.74) is 7.22. The molecule has 9 nitrogen and oxygen atoms in total. The van der Waals surface area contributed by atoms with Gasteiger partial charge in [-0.2, -0.15) is 0 Å². The van der Waals surface area contributed by atoms with E-state index in [1.807, 2.05) is 32.0 Å². The van der Waals surface area contributed by atoms with E-state index >= 15 is 0 Å². The fraction of sp³-hybridized carbons (Fsp3) is 0.667. The maximum Gasteiger partial charge on any atom is 0.408 e. The molecule has 0 heterocycles. The molecular formula is C30H48N4O5. The number of carbonyl (C=O) groups excluding carboxylic acids is 4. The van der Waals surface area contributed by atoms with E-state index < -0.39 is 42.0 Å². The van der Waals surface area contributed by atoms with Gasteiger partial charge in [0.2, 0.25) is 17.7 Å². The number of aryl methyl sites for hydroxylation is 2. The molecule has 2 atom stereocenters. The summed E-state index contributed by atoms with van der Waals surface area (Å²) >= 11 is 0. The lowest BCUT2D eigenvalue weighted by atomic mass is 9.91. The van der Waals surface area contributed by atoms with Crippen LogP contribution >= 0.6 is 0 Å². The molecule has 4 N–H and O–H groups in total. The Morgan fingerprint density at radius 1 is 1.05 bits per heavy atom. The van der Waals surface area contributed by atoms with E-state index in [0.717, 1.165) is 61.6 Å². The number of primary amides is 1. The Bertz CT molecular complexity index is 977. The normalized spacial score (nSPS) is 15.6. The minimum absolute atomic E-state index is 0.0481. The van der Waals surface area contributed by atoms with E-state index in [2.05, 4.69) is 17.6 Å². The molecule has 218 valence electrons. The first-order valence-electron chi connectivity index (χ1n) is 14.3. The van der Waals surface area contributed by atoms with Gasteiger partial charge in [-0.25, -0.2) is 4.79 Å². The van der Waals surface area contributed by atoms with Crippen LogP contribution in [0.4, 0.5) is 4.79 Å². The lowest BCUT2D eigenvalue weighted by Crippen LogP contribution is -2.55. The molecule has 0 spiro atoms. The zero-order valence-corrected chi connectivity index (χ0v) is 24.6. The summed E-state index contributed by atoms with van der Waals surface area (Å²) in [7, 11) is 0. The summed E-state index contributed by atoms with van der Waals surface area (Å²) < 4.78 is 5.36. The van der Waals surface area contributed by atoms with Crippen LogP contribution in [0.2, 0.25) is 0 Å². The highest BCUT2D eigenvalue weighted by Gasteiger charge is 2.38. The van der Waals surface area contributed by atoms with E-state index in [9.17, 15) is 19.2 Å². The van der Waals surface area contributed by atoms with Crippen LogP contribution in [0, 0.1) is 13.8 Å². The molecule has 0 aromatic heterocycles. The maximum absolute atomic E-state index is 14.2. The molecule has 0 radical (unpaired) electrons. The third kappa shape index (κ3) is 10.2. The lowest BCUT2D eigenvalue weighted by Gasteiger charge is -2.36. The molecule has 1 aliphatic carbocycles. The number of carbonyl (C=O) groups is 4. The van der Waals surface area contributed by atoms with Gasteiger partial charge in [-0.05, 0) is 70.6 Å². The van der Waals surface area contributed by atoms with Crippen LogP contribution in [0.15, 0.2) is 18.2 Å². The summed E-state index contributed by atoms with van der Waals surface area (Å²) in [6.45, 7) is 11.3. The van der Waals surface area contributed by atoms with Crippen molar-refractivity contribution in [1.82, 2.24) is 15.5 Å². The molecule has 1 fully saturated rings.